The molecule has 0 radical (unpaired) electrons. The highest BCUT2D eigenvalue weighted by atomic mass is 16.5. The molecule has 0 unspecified atom stereocenters. The summed E-state index contributed by atoms with van der Waals surface area (Å²) in [5, 5.41) is 10.3. The molecule has 2 N–H and O–H groups in total. The van der Waals surface area contributed by atoms with E-state index in [1.165, 1.54) is 19.3 Å². The molecule has 1 aromatic heterocycles. The van der Waals surface area contributed by atoms with Crippen LogP contribution in [-0.2, 0) is 11.8 Å². The molecule has 1 saturated heterocycles. The zero-order valence-corrected chi connectivity index (χ0v) is 15.0. The molecule has 1 saturated carbocycles. The number of hydrogen-bond acceptors (Lipinski definition) is 4. The lowest BCUT2D eigenvalue weighted by Crippen LogP contribution is -2.54. The van der Waals surface area contributed by atoms with Crippen LogP contribution in [0.2, 0.25) is 0 Å². The van der Waals surface area contributed by atoms with E-state index in [2.05, 4.69) is 34.5 Å². The average molecular weight is 335 g/mol. The van der Waals surface area contributed by atoms with E-state index >= 15 is 0 Å². The summed E-state index contributed by atoms with van der Waals surface area (Å²) in [4.78, 5) is 14.5. The van der Waals surface area contributed by atoms with Gasteiger partial charge in [-0.3, -0.25) is 14.9 Å². The van der Waals surface area contributed by atoms with Gasteiger partial charge in [0.2, 0.25) is 0 Å². The number of hydrogen-bond donors (Lipinski definition) is 2. The number of anilines is 1. The summed E-state index contributed by atoms with van der Waals surface area (Å²) >= 11 is 0. The molecule has 24 heavy (non-hydrogen) atoms. The molecule has 2 amide bonds. The first kappa shape index (κ1) is 17.2. The predicted octanol–water partition coefficient (Wildman–Crippen LogP) is 1.92. The summed E-state index contributed by atoms with van der Waals surface area (Å²) in [5.41, 5.74) is 1.12. The Kier molecular flexibility index (Phi) is 5.10. The molecule has 7 heteroatoms. The second-order valence-electron chi connectivity index (χ2n) is 7.44. The average Bonchev–Trinajstić information content (AvgIpc) is 2.79. The highest BCUT2D eigenvalue weighted by Gasteiger charge is 2.30. The fourth-order valence-electron chi connectivity index (χ4n) is 3.28. The second kappa shape index (κ2) is 7.11. The van der Waals surface area contributed by atoms with Crippen molar-refractivity contribution in [2.75, 3.05) is 38.2 Å². The lowest BCUT2D eigenvalue weighted by atomic mass is 9.83. The molecule has 2 fully saturated rings. The number of nitrogens with one attached hydrogen (secondary N) is 2. The van der Waals surface area contributed by atoms with Crippen LogP contribution in [0, 0.1) is 0 Å². The Morgan fingerprint density at radius 1 is 1.46 bits per heavy atom. The van der Waals surface area contributed by atoms with Crippen molar-refractivity contribution in [1.82, 2.24) is 20.0 Å². The number of urea groups is 1. The Morgan fingerprint density at radius 2 is 2.25 bits per heavy atom. The van der Waals surface area contributed by atoms with Crippen molar-refractivity contribution in [2.45, 2.75) is 44.6 Å². The van der Waals surface area contributed by atoms with Crippen molar-refractivity contribution in [3.63, 3.8) is 0 Å². The van der Waals surface area contributed by atoms with Crippen LogP contribution in [0.25, 0.3) is 0 Å². The van der Waals surface area contributed by atoms with Crippen LogP contribution in [0.5, 0.6) is 0 Å². The number of carbonyl (C=O) groups excluding carboxylic acids is 1. The lowest BCUT2D eigenvalue weighted by molar-refractivity contribution is -0.0497. The van der Waals surface area contributed by atoms with Gasteiger partial charge < -0.3 is 10.1 Å². The highest BCUT2D eigenvalue weighted by Crippen LogP contribution is 2.36. The molecule has 1 aromatic rings. The van der Waals surface area contributed by atoms with E-state index in [4.69, 9.17) is 4.74 Å². The first-order chi connectivity index (χ1) is 11.5. The topological polar surface area (TPSA) is 71.4 Å². The van der Waals surface area contributed by atoms with Gasteiger partial charge in [0.1, 0.15) is 5.82 Å². The first-order valence-electron chi connectivity index (χ1n) is 8.87. The SMILES string of the molecule is Cn1nc(C2CCC2)cc1NC(=O)NCCN1CCOCC1(C)C. The van der Waals surface area contributed by atoms with Crippen molar-refractivity contribution < 1.29 is 9.53 Å². The molecule has 134 valence electrons. The molecule has 3 rings (SSSR count). The largest absolute Gasteiger partial charge is 0.378 e. The van der Waals surface area contributed by atoms with Crippen molar-refractivity contribution in [3.8, 4) is 0 Å². The van der Waals surface area contributed by atoms with Gasteiger partial charge in [-0.05, 0) is 26.7 Å². The third-order valence-corrected chi connectivity index (χ3v) is 5.15. The number of nitrogens with zero attached hydrogens (tertiary/aromatic N) is 3. The van der Waals surface area contributed by atoms with E-state index in [-0.39, 0.29) is 11.6 Å². The lowest BCUT2D eigenvalue weighted by Gasteiger charge is -2.42. The number of carbonyl (C=O) groups is 1. The van der Waals surface area contributed by atoms with Gasteiger partial charge in [-0.2, -0.15) is 5.10 Å². The van der Waals surface area contributed by atoms with E-state index in [0.717, 1.165) is 37.8 Å². The quantitative estimate of drug-likeness (QED) is 0.862. The van der Waals surface area contributed by atoms with E-state index in [0.29, 0.717) is 12.5 Å². The Bertz CT molecular complexity index is 580. The van der Waals surface area contributed by atoms with Crippen molar-refractivity contribution >= 4 is 11.8 Å². The zero-order chi connectivity index (χ0) is 17.2. The summed E-state index contributed by atoms with van der Waals surface area (Å²) in [7, 11) is 1.87. The molecule has 1 aliphatic carbocycles. The maximum Gasteiger partial charge on any atom is 0.320 e. The molecule has 0 aromatic carbocycles. The molecule has 2 heterocycles. The van der Waals surface area contributed by atoms with Crippen LogP contribution in [0.1, 0.15) is 44.7 Å². The normalized spacial score (nSPS) is 21.3. The number of amides is 2. The fraction of sp³-hybridized carbons (Fsp3) is 0.765. The van der Waals surface area contributed by atoms with Gasteiger partial charge in [0.15, 0.2) is 0 Å². The van der Waals surface area contributed by atoms with Gasteiger partial charge in [0.25, 0.3) is 0 Å². The van der Waals surface area contributed by atoms with Crippen LogP contribution in [-0.4, -0.2) is 59.1 Å². The summed E-state index contributed by atoms with van der Waals surface area (Å²) in [5.74, 6) is 1.32. The fourth-order valence-corrected chi connectivity index (χ4v) is 3.28. The molecule has 7 nitrogen and oxygen atoms in total. The van der Waals surface area contributed by atoms with Crippen LogP contribution in [0.4, 0.5) is 10.6 Å². The van der Waals surface area contributed by atoms with Gasteiger partial charge in [-0.25, -0.2) is 4.79 Å². The smallest absolute Gasteiger partial charge is 0.320 e. The Morgan fingerprint density at radius 3 is 2.92 bits per heavy atom. The Labute approximate surface area is 143 Å². The van der Waals surface area contributed by atoms with Gasteiger partial charge in [-0.15, -0.1) is 0 Å². The molecule has 0 atom stereocenters. The third kappa shape index (κ3) is 3.89. The number of aromatic nitrogens is 2. The summed E-state index contributed by atoms with van der Waals surface area (Å²) in [6.07, 6.45) is 3.69. The van der Waals surface area contributed by atoms with Gasteiger partial charge in [-0.1, -0.05) is 6.42 Å². The monoisotopic (exact) mass is 335 g/mol. The Hall–Kier alpha value is -1.60. The maximum atomic E-state index is 12.1. The minimum absolute atomic E-state index is 0.0239. The van der Waals surface area contributed by atoms with Gasteiger partial charge >= 0.3 is 6.03 Å². The van der Waals surface area contributed by atoms with Crippen molar-refractivity contribution in [1.29, 1.82) is 0 Å². The standard InChI is InChI=1S/C17H29N5O2/c1-17(2)12-24-10-9-22(17)8-7-18-16(23)19-15-11-14(20-21(15)3)13-5-4-6-13/h11,13H,4-10,12H2,1-3H3,(H2,18,19,23). The minimum Gasteiger partial charge on any atom is -0.378 e. The maximum absolute atomic E-state index is 12.1. The summed E-state index contributed by atoms with van der Waals surface area (Å²) < 4.78 is 7.27. The molecular weight excluding hydrogens is 306 g/mol. The van der Waals surface area contributed by atoms with Crippen LogP contribution < -0.4 is 10.6 Å². The second-order valence-corrected chi connectivity index (χ2v) is 7.44. The summed E-state index contributed by atoms with van der Waals surface area (Å²) in [6.45, 7) is 8.17. The summed E-state index contributed by atoms with van der Waals surface area (Å²) in [6, 6.07) is 1.82. The number of ether oxygens (including phenoxy) is 1. The van der Waals surface area contributed by atoms with Crippen LogP contribution in [0.3, 0.4) is 0 Å². The van der Waals surface area contributed by atoms with Crippen LogP contribution in [0.15, 0.2) is 6.07 Å². The number of morpholine rings is 1. The van der Waals surface area contributed by atoms with E-state index in [1.54, 1.807) is 4.68 Å². The van der Waals surface area contributed by atoms with Gasteiger partial charge in [0, 0.05) is 44.2 Å². The van der Waals surface area contributed by atoms with E-state index in [9.17, 15) is 4.79 Å². The van der Waals surface area contributed by atoms with Crippen molar-refractivity contribution in [2.24, 2.45) is 7.05 Å². The first-order valence-corrected chi connectivity index (χ1v) is 8.87. The zero-order valence-electron chi connectivity index (χ0n) is 15.0. The molecule has 0 bridgehead atoms. The van der Waals surface area contributed by atoms with E-state index in [1.807, 2.05) is 13.1 Å². The number of rotatable bonds is 5. The number of aryl methyl sites for hydroxylation is 1. The molecule has 0 spiro atoms. The van der Waals surface area contributed by atoms with Crippen LogP contribution >= 0.6 is 0 Å². The predicted molar refractivity (Wildman–Crippen MR) is 93.3 cm³/mol. The van der Waals surface area contributed by atoms with E-state index < -0.39 is 0 Å². The molecular formula is C17H29N5O2. The minimum atomic E-state index is -0.177. The Balaban J connectivity index is 1.45. The third-order valence-electron chi connectivity index (χ3n) is 5.15. The molecule has 1 aliphatic heterocycles. The highest BCUT2D eigenvalue weighted by molar-refractivity contribution is 5.88. The molecule has 2 aliphatic rings. The van der Waals surface area contributed by atoms with Gasteiger partial charge in [0.05, 0.1) is 18.9 Å². The van der Waals surface area contributed by atoms with Crippen molar-refractivity contribution in [3.05, 3.63) is 11.8 Å².